The van der Waals surface area contributed by atoms with Crippen LogP contribution in [-0.4, -0.2) is 17.2 Å². The molecular weight excluding hydrogens is 160 g/mol. The number of fused-ring (bicyclic) bond motifs is 3. The quantitative estimate of drug-likeness (QED) is 0.550. The zero-order chi connectivity index (χ0) is 8.67. The first-order chi connectivity index (χ1) is 6.45. The van der Waals surface area contributed by atoms with Gasteiger partial charge in [-0.1, -0.05) is 6.08 Å². The Morgan fingerprint density at radius 3 is 3.46 bits per heavy atom. The van der Waals surface area contributed by atoms with Crippen LogP contribution in [0.25, 0.3) is 0 Å². The molecule has 0 aromatic carbocycles. The van der Waals surface area contributed by atoms with Gasteiger partial charge in [0.05, 0.1) is 6.04 Å². The van der Waals surface area contributed by atoms with E-state index in [1.165, 1.54) is 25.7 Å². The summed E-state index contributed by atoms with van der Waals surface area (Å²) in [4.78, 5) is 6.60. The summed E-state index contributed by atoms with van der Waals surface area (Å²) in [5.41, 5.74) is 1.55. The molecule has 0 aromatic heterocycles. The second kappa shape index (κ2) is 2.72. The van der Waals surface area contributed by atoms with Crippen molar-refractivity contribution < 1.29 is 0 Å². The lowest BCUT2D eigenvalue weighted by atomic mass is 9.92. The SMILES string of the molecule is C1=CN2C3=CCCCC3CC2C=N1. The molecule has 2 nitrogen and oxygen atoms in total. The molecule has 0 amide bonds. The van der Waals surface area contributed by atoms with Gasteiger partial charge in [0.1, 0.15) is 0 Å². The summed E-state index contributed by atoms with van der Waals surface area (Å²) >= 11 is 0. The van der Waals surface area contributed by atoms with Crippen molar-refractivity contribution in [1.29, 1.82) is 0 Å². The van der Waals surface area contributed by atoms with Crippen LogP contribution in [0.3, 0.4) is 0 Å². The zero-order valence-corrected chi connectivity index (χ0v) is 7.69. The Morgan fingerprint density at radius 1 is 1.46 bits per heavy atom. The van der Waals surface area contributed by atoms with E-state index >= 15 is 0 Å². The maximum absolute atomic E-state index is 4.20. The van der Waals surface area contributed by atoms with E-state index in [4.69, 9.17) is 0 Å². The third-order valence-electron chi connectivity index (χ3n) is 3.28. The Balaban J connectivity index is 1.96. The van der Waals surface area contributed by atoms with Gasteiger partial charge in [-0.25, -0.2) is 0 Å². The maximum atomic E-state index is 4.20. The minimum absolute atomic E-state index is 0.555. The van der Waals surface area contributed by atoms with Crippen LogP contribution in [0, 0.1) is 5.92 Å². The molecule has 2 heteroatoms. The lowest BCUT2D eigenvalue weighted by Crippen LogP contribution is -2.26. The van der Waals surface area contributed by atoms with Crippen LogP contribution in [0.15, 0.2) is 29.2 Å². The molecule has 0 aromatic rings. The van der Waals surface area contributed by atoms with Gasteiger partial charge in [-0.05, 0) is 25.7 Å². The molecule has 2 unspecified atom stereocenters. The minimum atomic E-state index is 0.555. The molecule has 0 bridgehead atoms. The summed E-state index contributed by atoms with van der Waals surface area (Å²) in [5.74, 6) is 0.813. The standard InChI is InChI=1S/C11H14N2/c1-2-4-11-9(3-1)7-10-8-12-5-6-13(10)11/h4-6,8-10H,1-3,7H2. The van der Waals surface area contributed by atoms with E-state index in [2.05, 4.69) is 28.4 Å². The minimum Gasteiger partial charge on any atom is -0.342 e. The number of hydrogen-bond donors (Lipinski definition) is 0. The molecular formula is C11H14N2. The Bertz CT molecular complexity index is 301. The molecule has 68 valence electrons. The van der Waals surface area contributed by atoms with Crippen molar-refractivity contribution in [3.8, 4) is 0 Å². The monoisotopic (exact) mass is 174 g/mol. The van der Waals surface area contributed by atoms with Gasteiger partial charge >= 0.3 is 0 Å². The van der Waals surface area contributed by atoms with Gasteiger partial charge in [0.25, 0.3) is 0 Å². The van der Waals surface area contributed by atoms with E-state index in [0.29, 0.717) is 6.04 Å². The second-order valence-electron chi connectivity index (χ2n) is 4.06. The van der Waals surface area contributed by atoms with Crippen LogP contribution in [0.2, 0.25) is 0 Å². The summed E-state index contributed by atoms with van der Waals surface area (Å²) in [7, 11) is 0. The first-order valence-corrected chi connectivity index (χ1v) is 5.13. The molecule has 1 aliphatic carbocycles. The molecule has 3 aliphatic rings. The van der Waals surface area contributed by atoms with Crippen LogP contribution in [0.5, 0.6) is 0 Å². The van der Waals surface area contributed by atoms with Crippen LogP contribution < -0.4 is 0 Å². The lowest BCUT2D eigenvalue weighted by molar-refractivity contribution is 0.462. The van der Waals surface area contributed by atoms with Gasteiger partial charge in [0.15, 0.2) is 0 Å². The van der Waals surface area contributed by atoms with Crippen LogP contribution in [-0.2, 0) is 0 Å². The number of aliphatic imine (C=N–C) groups is 1. The van der Waals surface area contributed by atoms with Gasteiger partial charge in [-0.2, -0.15) is 0 Å². The van der Waals surface area contributed by atoms with Gasteiger partial charge in [0, 0.05) is 30.2 Å². The summed E-state index contributed by atoms with van der Waals surface area (Å²) in [6, 6.07) is 0.555. The molecule has 0 N–H and O–H groups in total. The largest absolute Gasteiger partial charge is 0.342 e. The predicted octanol–water partition coefficient (Wildman–Crippen LogP) is 2.30. The van der Waals surface area contributed by atoms with E-state index in [-0.39, 0.29) is 0 Å². The van der Waals surface area contributed by atoms with Crippen molar-refractivity contribution in [3.05, 3.63) is 24.2 Å². The highest BCUT2D eigenvalue weighted by atomic mass is 15.2. The Morgan fingerprint density at radius 2 is 2.46 bits per heavy atom. The average Bonchev–Trinajstić information content (AvgIpc) is 2.56. The van der Waals surface area contributed by atoms with E-state index < -0.39 is 0 Å². The van der Waals surface area contributed by atoms with Crippen molar-refractivity contribution in [3.63, 3.8) is 0 Å². The first kappa shape index (κ1) is 7.36. The Labute approximate surface area is 78.6 Å². The highest BCUT2D eigenvalue weighted by Gasteiger charge is 2.35. The lowest BCUT2D eigenvalue weighted by Gasteiger charge is -2.25. The fraction of sp³-hybridized carbons (Fsp3) is 0.545. The number of hydrogen-bond acceptors (Lipinski definition) is 2. The summed E-state index contributed by atoms with van der Waals surface area (Å²) in [6.45, 7) is 0. The molecule has 2 aliphatic heterocycles. The van der Waals surface area contributed by atoms with Gasteiger partial charge in [-0.15, -0.1) is 0 Å². The van der Waals surface area contributed by atoms with E-state index in [0.717, 1.165) is 5.92 Å². The number of rotatable bonds is 0. The maximum Gasteiger partial charge on any atom is 0.0691 e. The topological polar surface area (TPSA) is 15.6 Å². The summed E-state index contributed by atoms with van der Waals surface area (Å²) in [6.07, 6.45) is 13.8. The first-order valence-electron chi connectivity index (χ1n) is 5.13. The highest BCUT2D eigenvalue weighted by molar-refractivity contribution is 5.68. The van der Waals surface area contributed by atoms with Crippen molar-refractivity contribution in [2.45, 2.75) is 31.7 Å². The van der Waals surface area contributed by atoms with Crippen molar-refractivity contribution in [2.75, 3.05) is 0 Å². The predicted molar refractivity (Wildman–Crippen MR) is 53.3 cm³/mol. The van der Waals surface area contributed by atoms with Crippen LogP contribution >= 0.6 is 0 Å². The average molecular weight is 174 g/mol. The zero-order valence-electron chi connectivity index (χ0n) is 7.69. The molecule has 0 spiro atoms. The third kappa shape index (κ3) is 1.05. The molecule has 2 atom stereocenters. The van der Waals surface area contributed by atoms with Gasteiger partial charge < -0.3 is 4.90 Å². The van der Waals surface area contributed by atoms with Crippen LogP contribution in [0.1, 0.15) is 25.7 Å². The molecule has 1 saturated heterocycles. The van der Waals surface area contributed by atoms with Gasteiger partial charge in [-0.3, -0.25) is 4.99 Å². The van der Waals surface area contributed by atoms with E-state index in [1.807, 2.05) is 6.20 Å². The Kier molecular flexibility index (Phi) is 1.54. The van der Waals surface area contributed by atoms with Crippen molar-refractivity contribution in [1.82, 2.24) is 4.90 Å². The van der Waals surface area contributed by atoms with Crippen LogP contribution in [0.4, 0.5) is 0 Å². The van der Waals surface area contributed by atoms with Gasteiger partial charge in [0.2, 0.25) is 0 Å². The van der Waals surface area contributed by atoms with E-state index in [9.17, 15) is 0 Å². The van der Waals surface area contributed by atoms with Crippen molar-refractivity contribution in [2.24, 2.45) is 10.9 Å². The summed E-state index contributed by atoms with van der Waals surface area (Å²) in [5, 5.41) is 0. The molecule has 2 heterocycles. The number of nitrogens with zero attached hydrogens (tertiary/aromatic N) is 2. The second-order valence-corrected chi connectivity index (χ2v) is 4.06. The fourth-order valence-electron chi connectivity index (χ4n) is 2.67. The Hall–Kier alpha value is -1.05. The summed E-state index contributed by atoms with van der Waals surface area (Å²) < 4.78 is 0. The molecule has 0 saturated carbocycles. The normalized spacial score (nSPS) is 35.7. The smallest absolute Gasteiger partial charge is 0.0691 e. The number of allylic oxidation sites excluding steroid dienone is 2. The fourth-order valence-corrected chi connectivity index (χ4v) is 2.67. The highest BCUT2D eigenvalue weighted by Crippen LogP contribution is 2.39. The van der Waals surface area contributed by atoms with Crippen molar-refractivity contribution >= 4 is 6.21 Å². The molecule has 0 radical (unpaired) electrons. The van der Waals surface area contributed by atoms with E-state index in [1.54, 1.807) is 5.70 Å². The molecule has 1 fully saturated rings. The molecule has 13 heavy (non-hydrogen) atoms. The molecule has 3 rings (SSSR count). The third-order valence-corrected chi connectivity index (χ3v) is 3.28.